The Morgan fingerprint density at radius 1 is 1.31 bits per heavy atom. The summed E-state index contributed by atoms with van der Waals surface area (Å²) in [4.78, 5) is 11.5. The maximum absolute atomic E-state index is 11.5. The van der Waals surface area contributed by atoms with Crippen LogP contribution in [-0.2, 0) is 9.53 Å². The zero-order valence-electron chi connectivity index (χ0n) is 10.00. The van der Waals surface area contributed by atoms with Crippen molar-refractivity contribution in [1.82, 2.24) is 10.6 Å². The molecule has 2 rings (SSSR count). The van der Waals surface area contributed by atoms with Gasteiger partial charge in [-0.1, -0.05) is 0 Å². The van der Waals surface area contributed by atoms with Crippen LogP contribution in [0.3, 0.4) is 0 Å². The predicted molar refractivity (Wildman–Crippen MR) is 62.2 cm³/mol. The van der Waals surface area contributed by atoms with Gasteiger partial charge >= 0.3 is 0 Å². The minimum atomic E-state index is 0.174. The quantitative estimate of drug-likeness (QED) is 0.675. The first-order valence-corrected chi connectivity index (χ1v) is 6.42. The molecule has 2 fully saturated rings. The molecule has 4 heteroatoms. The van der Waals surface area contributed by atoms with Crippen LogP contribution in [0.1, 0.15) is 39.0 Å². The minimum Gasteiger partial charge on any atom is -0.378 e. The van der Waals surface area contributed by atoms with Crippen LogP contribution >= 0.6 is 0 Å². The molecule has 0 radical (unpaired) electrons. The second-order valence-electron chi connectivity index (χ2n) is 4.79. The number of nitrogens with one attached hydrogen (secondary N) is 2. The van der Waals surface area contributed by atoms with Gasteiger partial charge in [0.05, 0.1) is 6.10 Å². The Morgan fingerprint density at radius 2 is 2.06 bits per heavy atom. The van der Waals surface area contributed by atoms with Gasteiger partial charge in [0.25, 0.3) is 0 Å². The third-order valence-corrected chi connectivity index (χ3v) is 3.22. The number of hydrogen-bond donors (Lipinski definition) is 2. The molecule has 0 aromatic carbocycles. The van der Waals surface area contributed by atoms with Gasteiger partial charge in [-0.15, -0.1) is 0 Å². The highest BCUT2D eigenvalue weighted by molar-refractivity contribution is 5.76. The fourth-order valence-corrected chi connectivity index (χ4v) is 2.03. The molecule has 0 bridgehead atoms. The Kier molecular flexibility index (Phi) is 4.18. The molecule has 0 spiro atoms. The molecule has 0 saturated heterocycles. The molecule has 0 aromatic rings. The van der Waals surface area contributed by atoms with E-state index in [1.165, 1.54) is 12.8 Å². The van der Waals surface area contributed by atoms with Crippen LogP contribution in [0.4, 0.5) is 0 Å². The molecule has 0 heterocycles. The van der Waals surface area contributed by atoms with Crippen LogP contribution in [-0.4, -0.2) is 37.2 Å². The second-order valence-corrected chi connectivity index (χ2v) is 4.79. The summed E-state index contributed by atoms with van der Waals surface area (Å²) in [7, 11) is 0. The third-order valence-electron chi connectivity index (χ3n) is 3.22. The number of hydrogen-bond acceptors (Lipinski definition) is 3. The highest BCUT2D eigenvalue weighted by Crippen LogP contribution is 2.23. The van der Waals surface area contributed by atoms with Crippen molar-refractivity contribution in [2.45, 2.75) is 57.2 Å². The Balaban J connectivity index is 1.47. The summed E-state index contributed by atoms with van der Waals surface area (Å²) in [6.45, 7) is 3.60. The highest BCUT2D eigenvalue weighted by atomic mass is 16.5. The molecule has 0 atom stereocenters. The van der Waals surface area contributed by atoms with E-state index in [0.29, 0.717) is 24.6 Å². The van der Waals surface area contributed by atoms with Gasteiger partial charge in [-0.2, -0.15) is 0 Å². The molecule has 2 aliphatic carbocycles. The van der Waals surface area contributed by atoms with Crippen molar-refractivity contribution in [1.29, 1.82) is 0 Å². The van der Waals surface area contributed by atoms with E-state index in [-0.39, 0.29) is 5.91 Å². The lowest BCUT2D eigenvalue weighted by Gasteiger charge is -2.35. The van der Waals surface area contributed by atoms with Gasteiger partial charge < -0.3 is 15.4 Å². The monoisotopic (exact) mass is 226 g/mol. The van der Waals surface area contributed by atoms with E-state index < -0.39 is 0 Å². The maximum Gasteiger partial charge on any atom is 0.221 e. The number of rotatable bonds is 7. The number of amides is 1. The molecule has 0 unspecified atom stereocenters. The van der Waals surface area contributed by atoms with Crippen LogP contribution in [0.15, 0.2) is 0 Å². The number of ether oxygens (including phenoxy) is 1. The molecule has 1 amide bonds. The van der Waals surface area contributed by atoms with Gasteiger partial charge in [0.15, 0.2) is 0 Å². The van der Waals surface area contributed by atoms with E-state index >= 15 is 0 Å². The fourth-order valence-electron chi connectivity index (χ4n) is 2.03. The second kappa shape index (κ2) is 5.64. The minimum absolute atomic E-state index is 0.174. The van der Waals surface area contributed by atoms with E-state index in [2.05, 4.69) is 10.6 Å². The van der Waals surface area contributed by atoms with Crippen molar-refractivity contribution in [3.63, 3.8) is 0 Å². The van der Waals surface area contributed by atoms with Crippen molar-refractivity contribution in [2.24, 2.45) is 0 Å². The Labute approximate surface area is 97.1 Å². The average molecular weight is 226 g/mol. The molecule has 2 aliphatic rings. The van der Waals surface area contributed by atoms with Crippen LogP contribution in [0.5, 0.6) is 0 Å². The van der Waals surface area contributed by atoms with Gasteiger partial charge in [-0.3, -0.25) is 4.79 Å². The molecule has 2 saturated carbocycles. The summed E-state index contributed by atoms with van der Waals surface area (Å²) in [5.41, 5.74) is 0. The molecular weight excluding hydrogens is 204 g/mol. The molecular formula is C12H22N2O2. The van der Waals surface area contributed by atoms with E-state index in [1.807, 2.05) is 6.92 Å². The first kappa shape index (κ1) is 11.9. The van der Waals surface area contributed by atoms with Gasteiger partial charge in [-0.05, 0) is 32.6 Å². The number of carbonyl (C=O) groups is 1. The third kappa shape index (κ3) is 3.76. The summed E-state index contributed by atoms with van der Waals surface area (Å²) in [6.07, 6.45) is 5.50. The largest absolute Gasteiger partial charge is 0.378 e. The van der Waals surface area contributed by atoms with Crippen LogP contribution < -0.4 is 10.6 Å². The fraction of sp³-hybridized carbons (Fsp3) is 0.917. The zero-order valence-corrected chi connectivity index (χ0v) is 10.00. The Morgan fingerprint density at radius 3 is 2.69 bits per heavy atom. The van der Waals surface area contributed by atoms with Gasteiger partial charge in [0.2, 0.25) is 5.91 Å². The maximum atomic E-state index is 11.5. The van der Waals surface area contributed by atoms with Crippen molar-refractivity contribution in [3.05, 3.63) is 0 Å². The summed E-state index contributed by atoms with van der Waals surface area (Å²) in [6, 6.07) is 1.05. The zero-order chi connectivity index (χ0) is 11.4. The molecule has 0 aliphatic heterocycles. The SMILES string of the molecule is CCOC1CC(NC(=O)CCNC2CC2)C1. The summed E-state index contributed by atoms with van der Waals surface area (Å²) in [5, 5.41) is 6.38. The van der Waals surface area contributed by atoms with E-state index in [1.54, 1.807) is 0 Å². The van der Waals surface area contributed by atoms with Gasteiger partial charge in [0.1, 0.15) is 0 Å². The van der Waals surface area contributed by atoms with E-state index in [9.17, 15) is 4.79 Å². The molecule has 4 nitrogen and oxygen atoms in total. The lowest BCUT2D eigenvalue weighted by atomic mass is 9.89. The molecule has 2 N–H and O–H groups in total. The average Bonchev–Trinajstić information content (AvgIpc) is 2.98. The molecule has 16 heavy (non-hydrogen) atoms. The van der Waals surface area contributed by atoms with Crippen molar-refractivity contribution in [2.75, 3.05) is 13.2 Å². The van der Waals surface area contributed by atoms with Gasteiger partial charge in [0, 0.05) is 31.7 Å². The van der Waals surface area contributed by atoms with Crippen LogP contribution in [0.25, 0.3) is 0 Å². The van der Waals surface area contributed by atoms with Crippen molar-refractivity contribution < 1.29 is 9.53 Å². The summed E-state index contributed by atoms with van der Waals surface area (Å²) < 4.78 is 5.45. The smallest absolute Gasteiger partial charge is 0.221 e. The first-order valence-electron chi connectivity index (χ1n) is 6.42. The normalized spacial score (nSPS) is 28.6. The first-order chi connectivity index (χ1) is 7.78. The standard InChI is InChI=1S/C12H22N2O2/c1-2-16-11-7-10(8-11)14-12(15)5-6-13-9-3-4-9/h9-11,13H,2-8H2,1H3,(H,14,15). The lowest BCUT2D eigenvalue weighted by molar-refractivity contribution is -0.123. The summed E-state index contributed by atoms with van der Waals surface area (Å²) in [5.74, 6) is 0.174. The Bertz CT molecular complexity index is 235. The van der Waals surface area contributed by atoms with E-state index in [0.717, 1.165) is 26.0 Å². The van der Waals surface area contributed by atoms with E-state index in [4.69, 9.17) is 4.74 Å². The Hall–Kier alpha value is -0.610. The van der Waals surface area contributed by atoms with Crippen molar-refractivity contribution >= 4 is 5.91 Å². The van der Waals surface area contributed by atoms with Crippen molar-refractivity contribution in [3.8, 4) is 0 Å². The predicted octanol–water partition coefficient (Wildman–Crippen LogP) is 0.812. The topological polar surface area (TPSA) is 50.4 Å². The van der Waals surface area contributed by atoms with Gasteiger partial charge in [-0.25, -0.2) is 0 Å². The number of carbonyl (C=O) groups excluding carboxylic acids is 1. The summed E-state index contributed by atoms with van der Waals surface area (Å²) >= 11 is 0. The van der Waals surface area contributed by atoms with Crippen LogP contribution in [0.2, 0.25) is 0 Å². The lowest BCUT2D eigenvalue weighted by Crippen LogP contribution is -2.48. The molecule has 92 valence electrons. The van der Waals surface area contributed by atoms with Crippen LogP contribution in [0, 0.1) is 0 Å². The highest BCUT2D eigenvalue weighted by Gasteiger charge is 2.30. The molecule has 0 aromatic heterocycles.